The zero-order chi connectivity index (χ0) is 27.3. The maximum atomic E-state index is 13.2. The molecule has 38 heavy (non-hydrogen) atoms. The van der Waals surface area contributed by atoms with Crippen molar-refractivity contribution in [2.75, 3.05) is 36.7 Å². The van der Waals surface area contributed by atoms with Crippen molar-refractivity contribution >= 4 is 47.0 Å². The van der Waals surface area contributed by atoms with E-state index in [4.69, 9.17) is 4.74 Å². The van der Waals surface area contributed by atoms with Gasteiger partial charge in [0.25, 0.3) is 11.8 Å². The number of thioether (sulfide) groups is 1. The number of ether oxygens (including phenoxy) is 1. The minimum Gasteiger partial charge on any atom is -0.463 e. The minimum atomic E-state index is -0.441. The maximum Gasteiger partial charge on any atom is 0.330 e. The Morgan fingerprint density at radius 3 is 2.24 bits per heavy atom. The van der Waals surface area contributed by atoms with Crippen LogP contribution >= 0.6 is 11.8 Å². The number of carbonyl (C=O) groups is 3. The summed E-state index contributed by atoms with van der Waals surface area (Å²) in [5, 5.41) is 5.61. The average Bonchev–Trinajstić information content (AvgIpc) is 2.92. The monoisotopic (exact) mass is 529 g/mol. The molecule has 0 atom stereocenters. The van der Waals surface area contributed by atoms with E-state index in [1.807, 2.05) is 61.5 Å². The van der Waals surface area contributed by atoms with Gasteiger partial charge in [0.15, 0.2) is 0 Å². The van der Waals surface area contributed by atoms with Crippen molar-refractivity contribution in [2.45, 2.75) is 11.8 Å². The maximum absolute atomic E-state index is 13.2. The van der Waals surface area contributed by atoms with Crippen molar-refractivity contribution < 1.29 is 19.1 Å². The van der Waals surface area contributed by atoms with Gasteiger partial charge in [-0.2, -0.15) is 0 Å². The Labute approximate surface area is 227 Å². The molecule has 0 heterocycles. The van der Waals surface area contributed by atoms with Crippen LogP contribution in [0.15, 0.2) is 102 Å². The molecule has 2 amide bonds. The molecule has 0 fully saturated rings. The molecule has 0 aliphatic rings. The molecule has 3 aromatic carbocycles. The summed E-state index contributed by atoms with van der Waals surface area (Å²) >= 11 is 1.55. The molecule has 3 rings (SSSR count). The van der Waals surface area contributed by atoms with Crippen LogP contribution in [-0.4, -0.2) is 44.2 Å². The molecule has 0 spiro atoms. The molecule has 0 saturated heterocycles. The van der Waals surface area contributed by atoms with E-state index in [1.165, 1.54) is 6.08 Å². The number of benzene rings is 3. The molecule has 0 unspecified atom stereocenters. The first-order chi connectivity index (χ1) is 18.4. The van der Waals surface area contributed by atoms with E-state index >= 15 is 0 Å². The van der Waals surface area contributed by atoms with Crippen molar-refractivity contribution in [1.82, 2.24) is 5.32 Å². The van der Waals surface area contributed by atoms with Crippen molar-refractivity contribution in [3.8, 4) is 0 Å². The van der Waals surface area contributed by atoms with Crippen LogP contribution in [0.2, 0.25) is 0 Å². The Balaban J connectivity index is 1.71. The Hall–Kier alpha value is -4.30. The number of esters is 1. The summed E-state index contributed by atoms with van der Waals surface area (Å²) in [6.07, 6.45) is 4.81. The summed E-state index contributed by atoms with van der Waals surface area (Å²) in [5.74, 6) is -0.568. The number of hydrogen-bond acceptors (Lipinski definition) is 6. The van der Waals surface area contributed by atoms with E-state index in [9.17, 15) is 14.4 Å². The number of anilines is 2. The van der Waals surface area contributed by atoms with Crippen molar-refractivity contribution in [1.29, 1.82) is 0 Å². The summed E-state index contributed by atoms with van der Waals surface area (Å²) in [6, 6.07) is 23.7. The van der Waals surface area contributed by atoms with Crippen LogP contribution in [0.5, 0.6) is 0 Å². The molecular weight excluding hydrogens is 498 g/mol. The van der Waals surface area contributed by atoms with Gasteiger partial charge in [-0.25, -0.2) is 4.79 Å². The third kappa shape index (κ3) is 8.97. The van der Waals surface area contributed by atoms with Crippen LogP contribution in [0.1, 0.15) is 22.8 Å². The Morgan fingerprint density at radius 1 is 0.921 bits per heavy atom. The summed E-state index contributed by atoms with van der Waals surface area (Å²) < 4.78 is 4.86. The van der Waals surface area contributed by atoms with Gasteiger partial charge in [-0.1, -0.05) is 36.4 Å². The molecule has 0 bridgehead atoms. The lowest BCUT2D eigenvalue weighted by atomic mass is 10.1. The number of amides is 2. The molecule has 0 aromatic heterocycles. The molecule has 0 saturated carbocycles. The third-order valence-electron chi connectivity index (χ3n) is 5.25. The highest BCUT2D eigenvalue weighted by atomic mass is 32.2. The Bertz CT molecular complexity index is 1290. The van der Waals surface area contributed by atoms with Gasteiger partial charge in [0.05, 0.1) is 6.61 Å². The molecular formula is C30H31N3O4S. The van der Waals surface area contributed by atoms with E-state index in [1.54, 1.807) is 67.2 Å². The minimum absolute atomic E-state index is 0.124. The van der Waals surface area contributed by atoms with Crippen LogP contribution in [-0.2, 0) is 14.3 Å². The van der Waals surface area contributed by atoms with E-state index in [0.29, 0.717) is 23.6 Å². The van der Waals surface area contributed by atoms with E-state index in [-0.39, 0.29) is 17.6 Å². The second-order valence-corrected chi connectivity index (χ2v) is 9.40. The predicted molar refractivity (Wildman–Crippen MR) is 154 cm³/mol. The molecule has 3 aromatic rings. The topological polar surface area (TPSA) is 87.7 Å². The standard InChI is InChI=1S/C30H31N3O4S/c1-4-37-28(34)11-8-20-38-26-18-14-24(15-19-26)31-30(36)27(32-29(35)23-9-6-5-7-10-23)21-22-12-16-25(17-13-22)33(2)3/h5-19,21H,4,20H2,1-3H3,(H,31,36)(H,32,35)/b11-8+,27-21-. The lowest BCUT2D eigenvalue weighted by Gasteiger charge is -2.13. The van der Waals surface area contributed by atoms with Gasteiger partial charge in [0.2, 0.25) is 0 Å². The molecule has 7 nitrogen and oxygen atoms in total. The van der Waals surface area contributed by atoms with Crippen LogP contribution < -0.4 is 15.5 Å². The van der Waals surface area contributed by atoms with Gasteiger partial charge in [-0.05, 0) is 67.1 Å². The second-order valence-electron chi connectivity index (χ2n) is 8.31. The van der Waals surface area contributed by atoms with Crippen LogP contribution in [0.4, 0.5) is 11.4 Å². The van der Waals surface area contributed by atoms with Crippen LogP contribution in [0, 0.1) is 0 Å². The van der Waals surface area contributed by atoms with Crippen LogP contribution in [0.3, 0.4) is 0 Å². The first-order valence-electron chi connectivity index (χ1n) is 12.1. The van der Waals surface area contributed by atoms with Gasteiger partial charge in [0.1, 0.15) is 5.70 Å². The summed E-state index contributed by atoms with van der Waals surface area (Å²) in [6.45, 7) is 2.11. The average molecular weight is 530 g/mol. The van der Waals surface area contributed by atoms with Crippen molar-refractivity contribution in [2.24, 2.45) is 0 Å². The zero-order valence-electron chi connectivity index (χ0n) is 21.6. The third-order valence-corrected chi connectivity index (χ3v) is 6.21. The Morgan fingerprint density at radius 2 is 1.61 bits per heavy atom. The van der Waals surface area contributed by atoms with E-state index in [2.05, 4.69) is 10.6 Å². The lowest BCUT2D eigenvalue weighted by Crippen LogP contribution is -2.30. The number of nitrogens with one attached hydrogen (secondary N) is 2. The quantitative estimate of drug-likeness (QED) is 0.197. The van der Waals surface area contributed by atoms with Gasteiger partial charge in [-0.3, -0.25) is 9.59 Å². The van der Waals surface area contributed by atoms with Gasteiger partial charge >= 0.3 is 5.97 Å². The van der Waals surface area contributed by atoms with Crippen LogP contribution in [0.25, 0.3) is 6.08 Å². The molecule has 2 N–H and O–H groups in total. The number of rotatable bonds is 11. The molecule has 0 radical (unpaired) electrons. The number of nitrogens with zero attached hydrogens (tertiary/aromatic N) is 1. The highest BCUT2D eigenvalue weighted by Crippen LogP contribution is 2.21. The Kier molecular flexibility index (Phi) is 10.7. The zero-order valence-corrected chi connectivity index (χ0v) is 22.5. The normalized spacial score (nSPS) is 11.2. The summed E-state index contributed by atoms with van der Waals surface area (Å²) in [4.78, 5) is 40.4. The smallest absolute Gasteiger partial charge is 0.330 e. The highest BCUT2D eigenvalue weighted by Gasteiger charge is 2.15. The van der Waals surface area contributed by atoms with Gasteiger partial charge < -0.3 is 20.3 Å². The van der Waals surface area contributed by atoms with Crippen molar-refractivity contribution in [3.63, 3.8) is 0 Å². The second kappa shape index (κ2) is 14.4. The predicted octanol–water partition coefficient (Wildman–Crippen LogP) is 5.37. The fraction of sp³-hybridized carbons (Fsp3) is 0.167. The SMILES string of the molecule is CCOC(=O)/C=C/CSc1ccc(NC(=O)/C(=C/c2ccc(N(C)C)cc2)NC(=O)c2ccccc2)cc1. The largest absolute Gasteiger partial charge is 0.463 e. The van der Waals surface area contributed by atoms with Crippen molar-refractivity contribution in [3.05, 3.63) is 108 Å². The molecule has 8 heteroatoms. The summed E-state index contributed by atoms with van der Waals surface area (Å²) in [5.41, 5.74) is 2.96. The highest BCUT2D eigenvalue weighted by molar-refractivity contribution is 7.99. The molecule has 196 valence electrons. The lowest BCUT2D eigenvalue weighted by molar-refractivity contribution is -0.137. The fourth-order valence-corrected chi connectivity index (χ4v) is 4.00. The van der Waals surface area contributed by atoms with Gasteiger partial charge in [0, 0.05) is 47.8 Å². The fourth-order valence-electron chi connectivity index (χ4n) is 3.29. The number of hydrogen-bond donors (Lipinski definition) is 2. The molecule has 0 aliphatic heterocycles. The summed E-state index contributed by atoms with van der Waals surface area (Å²) in [7, 11) is 3.90. The van der Waals surface area contributed by atoms with E-state index in [0.717, 1.165) is 16.1 Å². The van der Waals surface area contributed by atoms with Gasteiger partial charge in [-0.15, -0.1) is 11.8 Å². The first-order valence-corrected chi connectivity index (χ1v) is 13.1. The van der Waals surface area contributed by atoms with E-state index < -0.39 is 5.91 Å². The molecule has 0 aliphatic carbocycles. The number of carbonyl (C=O) groups excluding carboxylic acids is 3. The first kappa shape index (κ1) is 28.3.